The van der Waals surface area contributed by atoms with Crippen molar-refractivity contribution in [3.05, 3.63) is 54.4 Å². The van der Waals surface area contributed by atoms with Crippen LogP contribution >= 0.6 is 0 Å². The Morgan fingerprint density at radius 1 is 1.03 bits per heavy atom. The van der Waals surface area contributed by atoms with Gasteiger partial charge in [0.15, 0.2) is 6.61 Å². The number of nitrogens with one attached hydrogen (secondary N) is 1. The van der Waals surface area contributed by atoms with E-state index in [1.165, 1.54) is 6.92 Å². The third kappa shape index (κ3) is 6.00. The summed E-state index contributed by atoms with van der Waals surface area (Å²) < 4.78 is 5.18. The van der Waals surface area contributed by atoms with E-state index in [0.717, 1.165) is 5.56 Å². The molecule has 1 saturated heterocycles. The number of piperazine rings is 1. The first-order valence-corrected chi connectivity index (χ1v) is 9.80. The number of amides is 2. The third-order valence-corrected chi connectivity index (χ3v) is 4.77. The van der Waals surface area contributed by atoms with Crippen molar-refractivity contribution in [2.45, 2.75) is 19.4 Å². The van der Waals surface area contributed by atoms with E-state index in [2.05, 4.69) is 15.3 Å². The second kappa shape index (κ2) is 10.3. The van der Waals surface area contributed by atoms with Crippen LogP contribution in [0.25, 0.3) is 0 Å². The molecule has 2 amide bonds. The number of hydrogen-bond acceptors (Lipinski definition) is 7. The largest absolute Gasteiger partial charge is 0.455 e. The quantitative estimate of drug-likeness (QED) is 0.676. The second-order valence-corrected chi connectivity index (χ2v) is 6.95. The Hall–Kier alpha value is -3.49. The number of benzene rings is 1. The Morgan fingerprint density at radius 2 is 1.70 bits per heavy atom. The van der Waals surface area contributed by atoms with Gasteiger partial charge in [0.1, 0.15) is 0 Å². The van der Waals surface area contributed by atoms with E-state index in [-0.39, 0.29) is 24.8 Å². The number of rotatable bonds is 7. The average molecular weight is 411 g/mol. The van der Waals surface area contributed by atoms with Crippen LogP contribution in [0.5, 0.6) is 0 Å². The van der Waals surface area contributed by atoms with Crippen molar-refractivity contribution in [3.8, 4) is 0 Å². The van der Waals surface area contributed by atoms with Crippen molar-refractivity contribution < 1.29 is 19.1 Å². The highest BCUT2D eigenvalue weighted by Crippen LogP contribution is 2.17. The number of ether oxygens (including phenoxy) is 1. The maximum atomic E-state index is 12.4. The number of esters is 1. The number of carbonyl (C=O) groups excluding carboxylic acids is 3. The minimum atomic E-state index is -0.540. The van der Waals surface area contributed by atoms with Gasteiger partial charge in [-0.2, -0.15) is 0 Å². The van der Waals surface area contributed by atoms with E-state index in [1.807, 2.05) is 35.2 Å². The van der Waals surface area contributed by atoms with Crippen LogP contribution in [0, 0.1) is 0 Å². The first kappa shape index (κ1) is 21.2. The topological polar surface area (TPSA) is 105 Å². The number of anilines is 1. The van der Waals surface area contributed by atoms with Gasteiger partial charge in [0.25, 0.3) is 5.91 Å². The minimum absolute atomic E-state index is 0.0456. The highest BCUT2D eigenvalue weighted by atomic mass is 16.5. The summed E-state index contributed by atoms with van der Waals surface area (Å²) in [5.74, 6) is -0.385. The van der Waals surface area contributed by atoms with Gasteiger partial charge in [-0.25, -0.2) is 9.97 Å². The van der Waals surface area contributed by atoms with Gasteiger partial charge in [-0.15, -0.1) is 0 Å². The number of aromatic nitrogens is 2. The maximum Gasteiger partial charge on any atom is 0.308 e. The predicted octanol–water partition coefficient (Wildman–Crippen LogP) is 0.936. The molecule has 0 saturated carbocycles. The van der Waals surface area contributed by atoms with Gasteiger partial charge < -0.3 is 19.9 Å². The molecule has 1 aromatic carbocycles. The fourth-order valence-electron chi connectivity index (χ4n) is 3.25. The SMILES string of the molecule is CC(=O)N[C@H](CC(=O)OCC(=O)N1CCN(c2ncccn2)CC1)c1ccccc1. The van der Waals surface area contributed by atoms with E-state index in [4.69, 9.17) is 4.74 Å². The fraction of sp³-hybridized carbons (Fsp3) is 0.381. The molecule has 0 aliphatic carbocycles. The molecule has 1 N–H and O–H groups in total. The fourth-order valence-corrected chi connectivity index (χ4v) is 3.25. The summed E-state index contributed by atoms with van der Waals surface area (Å²) in [6, 6.07) is 10.4. The highest BCUT2D eigenvalue weighted by molar-refractivity contribution is 5.81. The zero-order chi connectivity index (χ0) is 21.3. The van der Waals surface area contributed by atoms with E-state index in [0.29, 0.717) is 32.1 Å². The standard InChI is InChI=1S/C21H25N5O4/c1-16(27)24-18(17-6-3-2-4-7-17)14-20(29)30-15-19(28)25-10-12-26(13-11-25)21-22-8-5-9-23-21/h2-9,18H,10-15H2,1H3,(H,24,27)/t18-/m1/s1. The lowest BCUT2D eigenvalue weighted by Crippen LogP contribution is -2.50. The molecule has 9 heteroatoms. The molecule has 158 valence electrons. The first-order valence-electron chi connectivity index (χ1n) is 9.80. The summed E-state index contributed by atoms with van der Waals surface area (Å²) in [5.41, 5.74) is 0.801. The molecule has 2 aromatic rings. The molecule has 0 unspecified atom stereocenters. The molecule has 0 spiro atoms. The van der Waals surface area contributed by atoms with Crippen molar-refractivity contribution in [1.82, 2.24) is 20.2 Å². The number of nitrogens with zero attached hydrogens (tertiary/aromatic N) is 4. The van der Waals surface area contributed by atoms with Gasteiger partial charge in [-0.3, -0.25) is 14.4 Å². The second-order valence-electron chi connectivity index (χ2n) is 6.95. The summed E-state index contributed by atoms with van der Waals surface area (Å²) in [6.45, 7) is 3.32. The molecule has 0 bridgehead atoms. The normalized spacial score (nSPS) is 14.7. The summed E-state index contributed by atoms with van der Waals surface area (Å²) >= 11 is 0. The van der Waals surface area contributed by atoms with Gasteiger partial charge in [-0.05, 0) is 11.6 Å². The maximum absolute atomic E-state index is 12.4. The van der Waals surface area contributed by atoms with Crippen LogP contribution in [0.15, 0.2) is 48.8 Å². The molecule has 1 aromatic heterocycles. The molecule has 1 aliphatic heterocycles. The molecule has 2 heterocycles. The molecule has 1 atom stereocenters. The van der Waals surface area contributed by atoms with Gasteiger partial charge in [0.05, 0.1) is 12.5 Å². The number of hydrogen-bond donors (Lipinski definition) is 1. The van der Waals surface area contributed by atoms with Crippen LogP contribution in [0.3, 0.4) is 0 Å². The lowest BCUT2D eigenvalue weighted by Gasteiger charge is -2.34. The molecule has 0 radical (unpaired) electrons. The molecular formula is C21H25N5O4. The van der Waals surface area contributed by atoms with Crippen LogP contribution in [0.4, 0.5) is 5.95 Å². The van der Waals surface area contributed by atoms with Crippen LogP contribution in [0.1, 0.15) is 24.9 Å². The molecule has 9 nitrogen and oxygen atoms in total. The van der Waals surface area contributed by atoms with Gasteiger partial charge in [0.2, 0.25) is 11.9 Å². The van der Waals surface area contributed by atoms with Crippen LogP contribution in [-0.2, 0) is 19.1 Å². The van der Waals surface area contributed by atoms with Gasteiger partial charge >= 0.3 is 5.97 Å². The van der Waals surface area contributed by atoms with Gasteiger partial charge in [0, 0.05) is 45.5 Å². The molecule has 30 heavy (non-hydrogen) atoms. The smallest absolute Gasteiger partial charge is 0.308 e. The Morgan fingerprint density at radius 3 is 2.33 bits per heavy atom. The summed E-state index contributed by atoms with van der Waals surface area (Å²) in [5, 5.41) is 2.75. The van der Waals surface area contributed by atoms with Gasteiger partial charge in [-0.1, -0.05) is 30.3 Å². The lowest BCUT2D eigenvalue weighted by atomic mass is 10.0. The number of carbonyl (C=O) groups is 3. The lowest BCUT2D eigenvalue weighted by molar-refractivity contribution is -0.152. The highest BCUT2D eigenvalue weighted by Gasteiger charge is 2.24. The minimum Gasteiger partial charge on any atom is -0.455 e. The third-order valence-electron chi connectivity index (χ3n) is 4.77. The zero-order valence-electron chi connectivity index (χ0n) is 16.9. The summed E-state index contributed by atoms with van der Waals surface area (Å²) in [4.78, 5) is 48.2. The van der Waals surface area contributed by atoms with Crippen molar-refractivity contribution >= 4 is 23.7 Å². The Labute approximate surface area is 175 Å². The van der Waals surface area contributed by atoms with Crippen LogP contribution in [0.2, 0.25) is 0 Å². The van der Waals surface area contributed by atoms with E-state index in [9.17, 15) is 14.4 Å². The Bertz CT molecular complexity index is 854. The van der Waals surface area contributed by atoms with Crippen molar-refractivity contribution in [2.75, 3.05) is 37.7 Å². The predicted molar refractivity (Wildman–Crippen MR) is 109 cm³/mol. The Kier molecular flexibility index (Phi) is 7.31. The van der Waals surface area contributed by atoms with E-state index >= 15 is 0 Å². The Balaban J connectivity index is 1.46. The van der Waals surface area contributed by atoms with Crippen LogP contribution in [-0.4, -0.2) is 65.4 Å². The van der Waals surface area contributed by atoms with Crippen molar-refractivity contribution in [2.24, 2.45) is 0 Å². The van der Waals surface area contributed by atoms with Crippen molar-refractivity contribution in [1.29, 1.82) is 0 Å². The van der Waals surface area contributed by atoms with Crippen LogP contribution < -0.4 is 10.2 Å². The summed E-state index contributed by atoms with van der Waals surface area (Å²) in [6.07, 6.45) is 3.32. The molecule has 1 fully saturated rings. The summed E-state index contributed by atoms with van der Waals surface area (Å²) in [7, 11) is 0. The van der Waals surface area contributed by atoms with E-state index in [1.54, 1.807) is 23.4 Å². The first-order chi connectivity index (χ1) is 14.5. The molecule has 1 aliphatic rings. The van der Waals surface area contributed by atoms with E-state index < -0.39 is 12.0 Å². The monoisotopic (exact) mass is 411 g/mol. The average Bonchev–Trinajstić information content (AvgIpc) is 2.78. The zero-order valence-corrected chi connectivity index (χ0v) is 16.9. The molecule has 3 rings (SSSR count). The van der Waals surface area contributed by atoms with Crippen molar-refractivity contribution in [3.63, 3.8) is 0 Å². The molecular weight excluding hydrogens is 386 g/mol.